The molecule has 3 aromatic carbocycles. The van der Waals surface area contributed by atoms with Gasteiger partial charge in [0.05, 0.1) is 10.6 Å². The first-order chi connectivity index (χ1) is 21.3. The average molecular weight is 619 g/mol. The van der Waals surface area contributed by atoms with Gasteiger partial charge >= 0.3 is 0 Å². The summed E-state index contributed by atoms with van der Waals surface area (Å²) in [5.74, 6) is 0.0560. The monoisotopic (exact) mass is 618 g/mol. The molecule has 2 heterocycles. The number of carbonyl (C=O) groups is 1. The lowest BCUT2D eigenvalue weighted by atomic mass is 10.1. The highest BCUT2D eigenvalue weighted by molar-refractivity contribution is 7.91. The third-order valence-corrected chi connectivity index (χ3v) is 9.92. The summed E-state index contributed by atoms with van der Waals surface area (Å²) < 4.78 is 43.8. The van der Waals surface area contributed by atoms with Gasteiger partial charge in [-0.2, -0.15) is 0 Å². The molecule has 2 aliphatic rings. The van der Waals surface area contributed by atoms with Crippen LogP contribution in [0.25, 0.3) is 6.08 Å². The predicted octanol–water partition coefficient (Wildman–Crippen LogP) is 6.04. The second-order valence-electron chi connectivity index (χ2n) is 11.4. The molecule has 8 nitrogen and oxygen atoms in total. The molecule has 0 bridgehead atoms. The molecule has 0 aromatic heterocycles. The highest BCUT2D eigenvalue weighted by Crippen LogP contribution is 2.31. The first kappa shape index (κ1) is 31.9. The molecule has 2 aliphatic heterocycles. The molecule has 9 heteroatoms. The molecule has 1 N–H and O–H groups in total. The third-order valence-electron chi connectivity index (χ3n) is 8.13. The summed E-state index contributed by atoms with van der Waals surface area (Å²) in [5.41, 5.74) is 3.68. The number of anilines is 1. The number of hydrogen-bond donors (Lipinski definition) is 1. The van der Waals surface area contributed by atoms with Crippen LogP contribution in [0.2, 0.25) is 0 Å². The molecular formula is C35H42N2O6S. The van der Waals surface area contributed by atoms with Crippen molar-refractivity contribution in [3.8, 4) is 5.75 Å². The van der Waals surface area contributed by atoms with Crippen molar-refractivity contribution in [2.24, 2.45) is 0 Å². The molecule has 0 spiro atoms. The molecule has 1 amide bonds. The fourth-order valence-corrected chi connectivity index (χ4v) is 7.05. The van der Waals surface area contributed by atoms with Gasteiger partial charge in [-0.1, -0.05) is 49.4 Å². The fourth-order valence-electron chi connectivity index (χ4n) is 5.59. The maximum absolute atomic E-state index is 13.3. The van der Waals surface area contributed by atoms with Crippen LogP contribution >= 0.6 is 0 Å². The van der Waals surface area contributed by atoms with E-state index in [0.29, 0.717) is 35.2 Å². The molecule has 5 rings (SSSR count). The van der Waals surface area contributed by atoms with Gasteiger partial charge in [0.25, 0.3) is 5.91 Å². The largest absolute Gasteiger partial charge is 0.490 e. The number of sulfone groups is 1. The van der Waals surface area contributed by atoms with E-state index in [-0.39, 0.29) is 35.7 Å². The van der Waals surface area contributed by atoms with Gasteiger partial charge in [0.1, 0.15) is 18.5 Å². The zero-order valence-corrected chi connectivity index (χ0v) is 26.4. The Bertz CT molecular complexity index is 1530. The van der Waals surface area contributed by atoms with Crippen molar-refractivity contribution < 1.29 is 27.4 Å². The van der Waals surface area contributed by atoms with Gasteiger partial charge in [0.2, 0.25) is 0 Å². The summed E-state index contributed by atoms with van der Waals surface area (Å²) in [7, 11) is -1.44. The number of carbonyl (C=O) groups excluding carboxylic acids is 1. The molecule has 3 aromatic rings. The van der Waals surface area contributed by atoms with E-state index < -0.39 is 9.84 Å². The Morgan fingerprint density at radius 3 is 2.52 bits per heavy atom. The number of benzene rings is 3. The minimum atomic E-state index is -3.57. The second kappa shape index (κ2) is 15.0. The first-order valence-corrected chi connectivity index (χ1v) is 17.0. The van der Waals surface area contributed by atoms with E-state index in [1.54, 1.807) is 24.3 Å². The van der Waals surface area contributed by atoms with Gasteiger partial charge in [0, 0.05) is 43.7 Å². The minimum Gasteiger partial charge on any atom is -0.490 e. The summed E-state index contributed by atoms with van der Waals surface area (Å²) in [5, 5.41) is 2.95. The Morgan fingerprint density at radius 1 is 1.05 bits per heavy atom. The molecule has 1 atom stereocenters. The smallest absolute Gasteiger partial charge is 0.251 e. The number of nitrogens with one attached hydrogen (secondary N) is 1. The van der Waals surface area contributed by atoms with Crippen LogP contribution in [0.1, 0.15) is 55.4 Å². The van der Waals surface area contributed by atoms with E-state index in [1.807, 2.05) is 54.6 Å². The van der Waals surface area contributed by atoms with Gasteiger partial charge < -0.3 is 19.5 Å². The Kier molecular flexibility index (Phi) is 10.9. The number of hydrogen-bond acceptors (Lipinski definition) is 7. The van der Waals surface area contributed by atoms with Gasteiger partial charge in [-0.3, -0.25) is 9.69 Å². The topological polar surface area (TPSA) is 94.2 Å². The van der Waals surface area contributed by atoms with Crippen LogP contribution in [0.15, 0.2) is 83.3 Å². The average Bonchev–Trinajstić information content (AvgIpc) is 3.18. The Balaban J connectivity index is 1.27. The van der Waals surface area contributed by atoms with E-state index in [0.717, 1.165) is 50.1 Å². The first-order valence-electron chi connectivity index (χ1n) is 15.4. The number of fused-ring (bicyclic) bond motifs is 1. The Labute approximate surface area is 260 Å². The molecule has 1 fully saturated rings. The Hall–Kier alpha value is -3.50. The predicted molar refractivity (Wildman–Crippen MR) is 172 cm³/mol. The summed E-state index contributed by atoms with van der Waals surface area (Å²) in [6, 6.07) is 23.1. The Morgan fingerprint density at radius 2 is 1.80 bits per heavy atom. The highest BCUT2D eigenvalue weighted by atomic mass is 32.2. The van der Waals surface area contributed by atoms with Crippen LogP contribution in [0, 0.1) is 0 Å². The van der Waals surface area contributed by atoms with E-state index in [9.17, 15) is 13.2 Å². The van der Waals surface area contributed by atoms with Gasteiger partial charge in [-0.15, -0.1) is 0 Å². The van der Waals surface area contributed by atoms with Crippen LogP contribution in [-0.2, 0) is 30.7 Å². The highest BCUT2D eigenvalue weighted by Gasteiger charge is 2.26. The fraction of sp³-hybridized carbons (Fsp3) is 0.400. The van der Waals surface area contributed by atoms with Crippen LogP contribution in [0.4, 0.5) is 5.69 Å². The molecule has 44 heavy (non-hydrogen) atoms. The number of amides is 1. The van der Waals surface area contributed by atoms with Crippen LogP contribution in [0.3, 0.4) is 0 Å². The maximum Gasteiger partial charge on any atom is 0.251 e. The van der Waals surface area contributed by atoms with Crippen LogP contribution in [-0.4, -0.2) is 64.5 Å². The van der Waals surface area contributed by atoms with Gasteiger partial charge in [-0.05, 0) is 85.8 Å². The van der Waals surface area contributed by atoms with Crippen molar-refractivity contribution in [2.75, 3.05) is 44.5 Å². The standard InChI is InChI=1S/C35H42N2O6S/c1-3-18-42-33(27-7-5-4-6-8-27)25-43-32-13-14-34-29(23-32)22-28(17-21-44(34,39)40)35(38)36-30-11-9-26(10-12-30)24-37(2)31-15-19-41-20-16-31/h4-14,22-23,31,33H,3,15-21,24-25H2,1-2H3,(H,36,38). The van der Waals surface area contributed by atoms with Crippen molar-refractivity contribution in [1.29, 1.82) is 0 Å². The lowest BCUT2D eigenvalue weighted by molar-refractivity contribution is -0.112. The van der Waals surface area contributed by atoms with Gasteiger partial charge in [0.15, 0.2) is 9.84 Å². The number of nitrogens with zero attached hydrogens (tertiary/aromatic N) is 1. The van der Waals surface area contributed by atoms with Crippen molar-refractivity contribution in [2.45, 2.75) is 56.2 Å². The quantitative estimate of drug-likeness (QED) is 0.264. The summed E-state index contributed by atoms with van der Waals surface area (Å²) >= 11 is 0. The van der Waals surface area contributed by atoms with Crippen molar-refractivity contribution in [1.82, 2.24) is 4.90 Å². The van der Waals surface area contributed by atoms with Crippen LogP contribution in [0.5, 0.6) is 5.75 Å². The normalized spacial score (nSPS) is 17.3. The zero-order valence-electron chi connectivity index (χ0n) is 25.5. The van der Waals surface area contributed by atoms with Gasteiger partial charge in [-0.25, -0.2) is 8.42 Å². The molecule has 0 radical (unpaired) electrons. The van der Waals surface area contributed by atoms with E-state index in [1.165, 1.54) is 0 Å². The SMILES string of the molecule is CCCOC(COc1ccc2c(c1)C=C(C(=O)Nc1ccc(CN(C)C3CCOCC3)cc1)CCS2(=O)=O)c1ccccc1. The molecular weight excluding hydrogens is 576 g/mol. The van der Waals surface area contributed by atoms with Crippen molar-refractivity contribution in [3.63, 3.8) is 0 Å². The van der Waals surface area contributed by atoms with Crippen molar-refractivity contribution >= 4 is 27.5 Å². The molecule has 234 valence electrons. The van der Waals surface area contributed by atoms with E-state index in [2.05, 4.69) is 24.2 Å². The van der Waals surface area contributed by atoms with E-state index in [4.69, 9.17) is 14.2 Å². The molecule has 0 aliphatic carbocycles. The lowest BCUT2D eigenvalue weighted by Gasteiger charge is -2.31. The van der Waals surface area contributed by atoms with Crippen molar-refractivity contribution in [3.05, 3.63) is 95.1 Å². The lowest BCUT2D eigenvalue weighted by Crippen LogP contribution is -2.36. The summed E-state index contributed by atoms with van der Waals surface area (Å²) in [4.78, 5) is 15.9. The van der Waals surface area contributed by atoms with Crippen LogP contribution < -0.4 is 10.1 Å². The molecule has 0 saturated carbocycles. The van der Waals surface area contributed by atoms with E-state index >= 15 is 0 Å². The maximum atomic E-state index is 13.3. The number of ether oxygens (including phenoxy) is 3. The molecule has 1 saturated heterocycles. The zero-order chi connectivity index (χ0) is 30.9. The summed E-state index contributed by atoms with van der Waals surface area (Å²) in [6.45, 7) is 5.35. The third kappa shape index (κ3) is 8.35. The minimum absolute atomic E-state index is 0.119. The number of rotatable bonds is 12. The summed E-state index contributed by atoms with van der Waals surface area (Å²) in [6.07, 6.45) is 4.48. The second-order valence-corrected chi connectivity index (χ2v) is 13.5. The molecule has 1 unspecified atom stereocenters.